The lowest BCUT2D eigenvalue weighted by Gasteiger charge is -2.18. The number of rotatable bonds is 5. The van der Waals surface area contributed by atoms with E-state index < -0.39 is 5.97 Å². The van der Waals surface area contributed by atoms with Gasteiger partial charge in [-0.3, -0.25) is 0 Å². The van der Waals surface area contributed by atoms with Crippen LogP contribution in [0.2, 0.25) is 0 Å². The highest BCUT2D eigenvalue weighted by atomic mass is 16.4. The molecular formula is C23H32N8O2. The van der Waals surface area contributed by atoms with Crippen molar-refractivity contribution < 1.29 is 9.90 Å². The van der Waals surface area contributed by atoms with Crippen molar-refractivity contribution in [2.24, 2.45) is 5.73 Å². The van der Waals surface area contributed by atoms with E-state index in [9.17, 15) is 9.90 Å². The highest BCUT2D eigenvalue weighted by molar-refractivity contribution is 5.93. The van der Waals surface area contributed by atoms with E-state index in [0.29, 0.717) is 17.4 Å². The number of carboxylic acids is 1. The smallest absolute Gasteiger partial charge is 0.352 e. The van der Waals surface area contributed by atoms with E-state index in [4.69, 9.17) is 5.73 Å². The summed E-state index contributed by atoms with van der Waals surface area (Å²) in [5, 5.41) is 16.3. The summed E-state index contributed by atoms with van der Waals surface area (Å²) in [6, 6.07) is 5.95. The van der Waals surface area contributed by atoms with Crippen molar-refractivity contribution in [1.29, 1.82) is 0 Å². The Balaban J connectivity index is 0.000000821. The molecule has 1 unspecified atom stereocenters. The number of nitrogens with two attached hydrogens (primary N) is 1. The molecule has 1 atom stereocenters. The molecule has 0 radical (unpaired) electrons. The molecule has 33 heavy (non-hydrogen) atoms. The van der Waals surface area contributed by atoms with Crippen LogP contribution in [0.15, 0.2) is 30.6 Å². The molecule has 10 heteroatoms. The van der Waals surface area contributed by atoms with E-state index in [0.717, 1.165) is 56.3 Å². The Morgan fingerprint density at radius 2 is 1.91 bits per heavy atom. The minimum absolute atomic E-state index is 0.167. The molecular weight excluding hydrogens is 420 g/mol. The Morgan fingerprint density at radius 3 is 2.52 bits per heavy atom. The van der Waals surface area contributed by atoms with Crippen molar-refractivity contribution in [2.45, 2.75) is 44.2 Å². The zero-order valence-electron chi connectivity index (χ0n) is 19.2. The third-order valence-electron chi connectivity index (χ3n) is 6.06. The first-order valence-electron chi connectivity index (χ1n) is 11.4. The number of hydrogen-bond acceptors (Lipinski definition) is 8. The maximum absolute atomic E-state index is 11.8. The maximum Gasteiger partial charge on any atom is 0.352 e. The summed E-state index contributed by atoms with van der Waals surface area (Å²) in [6.45, 7) is 1.79. The standard InChI is InChI=1S/C21H25N7O2.C2H7N/c22-14-7-8-27(12-14)16-5-6-18(23-11-16)25-21-24-10-13-9-17(20(29)30)28(19(13)26-21)15-3-1-2-4-15;1-3-2/h5-6,9-11,14-15H,1-4,7-8,12,22H2,(H,29,30)(H,23,24,25,26);3H,1-2H3. The van der Waals surface area contributed by atoms with E-state index in [2.05, 4.69) is 30.5 Å². The molecule has 10 nitrogen and oxygen atoms in total. The lowest BCUT2D eigenvalue weighted by molar-refractivity contribution is 0.0683. The second-order valence-corrected chi connectivity index (χ2v) is 8.64. The molecule has 0 spiro atoms. The summed E-state index contributed by atoms with van der Waals surface area (Å²) in [7, 11) is 3.75. The number of nitrogens with zero attached hydrogens (tertiary/aromatic N) is 5. The number of aromatic nitrogens is 4. The lowest BCUT2D eigenvalue weighted by Crippen LogP contribution is -2.26. The highest BCUT2D eigenvalue weighted by Crippen LogP contribution is 2.34. The molecule has 0 aromatic carbocycles. The zero-order chi connectivity index (χ0) is 23.4. The second-order valence-electron chi connectivity index (χ2n) is 8.64. The number of pyridine rings is 1. The van der Waals surface area contributed by atoms with Crippen LogP contribution < -0.4 is 21.3 Å². The first kappa shape index (κ1) is 22.9. The van der Waals surface area contributed by atoms with Gasteiger partial charge >= 0.3 is 5.97 Å². The monoisotopic (exact) mass is 452 g/mol. The van der Waals surface area contributed by atoms with Crippen LogP contribution in [0.4, 0.5) is 17.5 Å². The van der Waals surface area contributed by atoms with Gasteiger partial charge in [0.05, 0.1) is 11.9 Å². The van der Waals surface area contributed by atoms with Crippen LogP contribution in [0.5, 0.6) is 0 Å². The first-order chi connectivity index (χ1) is 16.0. The van der Waals surface area contributed by atoms with Gasteiger partial charge in [-0.25, -0.2) is 14.8 Å². The number of aromatic carboxylic acids is 1. The van der Waals surface area contributed by atoms with Gasteiger partial charge in [0.15, 0.2) is 0 Å². The van der Waals surface area contributed by atoms with Crippen molar-refractivity contribution in [2.75, 3.05) is 37.4 Å². The molecule has 2 aliphatic rings. The van der Waals surface area contributed by atoms with Gasteiger partial charge in [-0.2, -0.15) is 4.98 Å². The van der Waals surface area contributed by atoms with Crippen LogP contribution in [0.1, 0.15) is 48.6 Å². The minimum atomic E-state index is -0.937. The Morgan fingerprint density at radius 1 is 1.15 bits per heavy atom. The van der Waals surface area contributed by atoms with Gasteiger partial charge in [-0.05, 0) is 51.6 Å². The van der Waals surface area contributed by atoms with Gasteiger partial charge in [0.25, 0.3) is 0 Å². The largest absolute Gasteiger partial charge is 0.477 e. The highest BCUT2D eigenvalue weighted by Gasteiger charge is 2.25. The van der Waals surface area contributed by atoms with Gasteiger partial charge in [0.2, 0.25) is 5.95 Å². The van der Waals surface area contributed by atoms with Crippen LogP contribution >= 0.6 is 0 Å². The van der Waals surface area contributed by atoms with E-state index >= 15 is 0 Å². The van der Waals surface area contributed by atoms with E-state index in [1.54, 1.807) is 12.3 Å². The zero-order valence-corrected chi connectivity index (χ0v) is 19.2. The third kappa shape index (κ3) is 5.07. The number of hydrogen-bond donors (Lipinski definition) is 4. The van der Waals surface area contributed by atoms with Crippen molar-refractivity contribution in [1.82, 2.24) is 24.8 Å². The fourth-order valence-corrected chi connectivity index (χ4v) is 4.55. The quantitative estimate of drug-likeness (QED) is 0.461. The number of nitrogens with one attached hydrogen (secondary N) is 2. The Hall–Kier alpha value is -3.24. The predicted molar refractivity (Wildman–Crippen MR) is 129 cm³/mol. The lowest BCUT2D eigenvalue weighted by atomic mass is 10.2. The molecule has 1 aliphatic heterocycles. The maximum atomic E-state index is 11.8. The number of carboxylic acid groups (broad SMARTS) is 1. The molecule has 5 rings (SSSR count). The summed E-state index contributed by atoms with van der Waals surface area (Å²) >= 11 is 0. The molecule has 3 aromatic heterocycles. The van der Waals surface area contributed by atoms with Crippen molar-refractivity contribution in [3.05, 3.63) is 36.3 Å². The molecule has 4 heterocycles. The number of anilines is 3. The first-order valence-corrected chi connectivity index (χ1v) is 11.4. The third-order valence-corrected chi connectivity index (χ3v) is 6.06. The van der Waals surface area contributed by atoms with Crippen LogP contribution in [-0.4, -0.2) is 63.8 Å². The van der Waals surface area contributed by atoms with Crippen LogP contribution in [0, 0.1) is 0 Å². The van der Waals surface area contributed by atoms with Crippen molar-refractivity contribution in [3.63, 3.8) is 0 Å². The molecule has 3 aromatic rings. The Bertz CT molecular complexity index is 1090. The topological polar surface area (TPSA) is 134 Å². The summed E-state index contributed by atoms with van der Waals surface area (Å²) in [6.07, 6.45) is 8.65. The summed E-state index contributed by atoms with van der Waals surface area (Å²) in [4.78, 5) is 27.5. The fraction of sp³-hybridized carbons (Fsp3) is 0.478. The molecule has 0 bridgehead atoms. The Labute approximate surface area is 193 Å². The second kappa shape index (κ2) is 10.1. The Kier molecular flexibility index (Phi) is 7.05. The van der Waals surface area contributed by atoms with Crippen LogP contribution in [0.25, 0.3) is 11.0 Å². The average Bonchev–Trinajstić information content (AvgIpc) is 3.54. The van der Waals surface area contributed by atoms with Gasteiger partial charge in [0, 0.05) is 36.8 Å². The molecule has 5 N–H and O–H groups in total. The van der Waals surface area contributed by atoms with E-state index in [1.165, 1.54) is 0 Å². The van der Waals surface area contributed by atoms with Gasteiger partial charge in [-0.1, -0.05) is 12.8 Å². The molecule has 1 saturated carbocycles. The average molecular weight is 453 g/mol. The minimum Gasteiger partial charge on any atom is -0.477 e. The molecule has 2 fully saturated rings. The molecule has 1 saturated heterocycles. The fourth-order valence-electron chi connectivity index (χ4n) is 4.55. The molecule has 0 amide bonds. The molecule has 176 valence electrons. The van der Waals surface area contributed by atoms with E-state index in [-0.39, 0.29) is 17.8 Å². The van der Waals surface area contributed by atoms with Gasteiger partial charge in [-0.15, -0.1) is 0 Å². The number of carbonyl (C=O) groups is 1. The van der Waals surface area contributed by atoms with Crippen molar-refractivity contribution >= 4 is 34.5 Å². The van der Waals surface area contributed by atoms with Crippen molar-refractivity contribution in [3.8, 4) is 0 Å². The number of fused-ring (bicyclic) bond motifs is 1. The summed E-state index contributed by atoms with van der Waals surface area (Å²) < 4.78 is 1.87. The molecule has 1 aliphatic carbocycles. The van der Waals surface area contributed by atoms with E-state index in [1.807, 2.05) is 37.0 Å². The SMILES string of the molecule is CNC.NC1CCN(c2ccc(Nc3ncc4cc(C(=O)O)n(C5CCCC5)c4n3)nc2)C1. The normalized spacial score (nSPS) is 18.4. The van der Waals surface area contributed by atoms with Crippen LogP contribution in [0.3, 0.4) is 0 Å². The summed E-state index contributed by atoms with van der Waals surface area (Å²) in [5.41, 5.74) is 7.96. The van der Waals surface area contributed by atoms with Gasteiger partial charge < -0.3 is 30.9 Å². The van der Waals surface area contributed by atoms with Crippen LogP contribution in [-0.2, 0) is 0 Å². The summed E-state index contributed by atoms with van der Waals surface area (Å²) in [5.74, 6) is 0.104. The van der Waals surface area contributed by atoms with Gasteiger partial charge in [0.1, 0.15) is 17.2 Å². The predicted octanol–water partition coefficient (Wildman–Crippen LogP) is 2.76.